The number of nitrogens with one attached hydrogen (secondary N) is 1. The van der Waals surface area contributed by atoms with Crippen LogP contribution in [0.1, 0.15) is 24.8 Å². The first-order chi connectivity index (χ1) is 14.7. The number of hydrogen-bond acceptors (Lipinski definition) is 4. The maximum Gasteiger partial charge on any atom is 0.261 e. The zero-order valence-corrected chi connectivity index (χ0v) is 17.1. The third-order valence-electron chi connectivity index (χ3n) is 4.93. The van der Waals surface area contributed by atoms with E-state index >= 15 is 0 Å². The fourth-order valence-electron chi connectivity index (χ4n) is 3.42. The van der Waals surface area contributed by atoms with Crippen LogP contribution in [0.15, 0.2) is 67.3 Å². The number of amides is 2. The second kappa shape index (κ2) is 11.0. The van der Waals surface area contributed by atoms with Crippen molar-refractivity contribution >= 4 is 11.8 Å². The summed E-state index contributed by atoms with van der Waals surface area (Å²) in [5.41, 5.74) is 0.890. The summed E-state index contributed by atoms with van der Waals surface area (Å²) >= 11 is 0. The molecule has 2 amide bonds. The summed E-state index contributed by atoms with van der Waals surface area (Å²) in [6, 6.07) is 16.2. The largest absolute Gasteiger partial charge is 0.490 e. The summed E-state index contributed by atoms with van der Waals surface area (Å²) in [6.45, 7) is 4.89. The molecule has 0 aromatic heterocycles. The van der Waals surface area contributed by atoms with Crippen LogP contribution in [0, 0.1) is 0 Å². The lowest BCUT2D eigenvalue weighted by Gasteiger charge is -2.30. The van der Waals surface area contributed by atoms with Crippen molar-refractivity contribution in [3.8, 4) is 11.5 Å². The Kier molecular flexibility index (Phi) is 7.89. The Bertz CT molecular complexity index is 853. The number of carbonyl (C=O) groups excluding carboxylic acids is 2. The van der Waals surface area contributed by atoms with Crippen LogP contribution in [0.4, 0.5) is 0 Å². The van der Waals surface area contributed by atoms with Crippen LogP contribution >= 0.6 is 0 Å². The highest BCUT2D eigenvalue weighted by molar-refractivity contribution is 5.88. The van der Waals surface area contributed by atoms with Crippen molar-refractivity contribution in [2.75, 3.05) is 19.8 Å². The van der Waals surface area contributed by atoms with Gasteiger partial charge in [0.25, 0.3) is 5.91 Å². The number of rotatable bonds is 9. The first-order valence-corrected chi connectivity index (χ1v) is 10.2. The van der Waals surface area contributed by atoms with Crippen molar-refractivity contribution in [3.63, 3.8) is 0 Å². The SMILES string of the molecule is C=CCOc1cccc(CN(C(=O)COc2ccccc2)[C@H]2CCCCNC2=O)c1. The van der Waals surface area contributed by atoms with Gasteiger partial charge in [0.1, 0.15) is 24.1 Å². The lowest BCUT2D eigenvalue weighted by Crippen LogP contribution is -2.49. The van der Waals surface area contributed by atoms with Gasteiger partial charge in [-0.25, -0.2) is 0 Å². The highest BCUT2D eigenvalue weighted by atomic mass is 16.5. The molecule has 0 spiro atoms. The van der Waals surface area contributed by atoms with Gasteiger partial charge in [-0.15, -0.1) is 0 Å². The number of benzene rings is 2. The van der Waals surface area contributed by atoms with E-state index < -0.39 is 6.04 Å². The van der Waals surface area contributed by atoms with E-state index in [4.69, 9.17) is 9.47 Å². The monoisotopic (exact) mass is 408 g/mol. The quantitative estimate of drug-likeness (QED) is 0.647. The smallest absolute Gasteiger partial charge is 0.261 e. The van der Waals surface area contributed by atoms with Crippen molar-refractivity contribution in [3.05, 3.63) is 72.8 Å². The Hall–Kier alpha value is -3.28. The zero-order valence-electron chi connectivity index (χ0n) is 17.1. The molecule has 2 aromatic carbocycles. The summed E-state index contributed by atoms with van der Waals surface area (Å²) < 4.78 is 11.3. The topological polar surface area (TPSA) is 67.9 Å². The highest BCUT2D eigenvalue weighted by Gasteiger charge is 2.31. The molecule has 0 radical (unpaired) electrons. The number of nitrogens with zero attached hydrogens (tertiary/aromatic N) is 1. The molecule has 1 heterocycles. The first kappa shape index (κ1) is 21.4. The number of ether oxygens (including phenoxy) is 2. The van der Waals surface area contributed by atoms with Crippen LogP contribution in [0.25, 0.3) is 0 Å². The van der Waals surface area contributed by atoms with Gasteiger partial charge in [-0.1, -0.05) is 43.0 Å². The molecule has 1 fully saturated rings. The standard InChI is InChI=1S/C24H28N2O4/c1-2-15-29-21-12-8-9-19(16-21)17-26(22-13-6-7-14-25-24(22)28)23(27)18-30-20-10-4-3-5-11-20/h2-5,8-12,16,22H,1,6-7,13-15,17-18H2,(H,25,28)/t22-/m0/s1. The van der Waals surface area contributed by atoms with Crippen LogP contribution in [0.3, 0.4) is 0 Å². The van der Waals surface area contributed by atoms with E-state index in [2.05, 4.69) is 11.9 Å². The summed E-state index contributed by atoms with van der Waals surface area (Å²) in [5, 5.41) is 2.92. The fraction of sp³-hybridized carbons (Fsp3) is 0.333. The van der Waals surface area contributed by atoms with Crippen molar-refractivity contribution < 1.29 is 19.1 Å². The van der Waals surface area contributed by atoms with Crippen molar-refractivity contribution in [2.45, 2.75) is 31.8 Å². The molecule has 0 aliphatic carbocycles. The molecule has 6 nitrogen and oxygen atoms in total. The van der Waals surface area contributed by atoms with Crippen molar-refractivity contribution in [2.24, 2.45) is 0 Å². The molecule has 158 valence electrons. The lowest BCUT2D eigenvalue weighted by atomic mass is 10.1. The van der Waals surface area contributed by atoms with Crippen LogP contribution in [0.2, 0.25) is 0 Å². The highest BCUT2D eigenvalue weighted by Crippen LogP contribution is 2.20. The Labute approximate surface area is 177 Å². The number of para-hydroxylation sites is 1. The van der Waals surface area contributed by atoms with Gasteiger partial charge in [-0.3, -0.25) is 9.59 Å². The van der Waals surface area contributed by atoms with Gasteiger partial charge in [0.2, 0.25) is 5.91 Å². The van der Waals surface area contributed by atoms with Gasteiger partial charge in [0.05, 0.1) is 0 Å². The van der Waals surface area contributed by atoms with E-state index in [-0.39, 0.29) is 18.4 Å². The predicted octanol–water partition coefficient (Wildman–Crippen LogP) is 3.33. The van der Waals surface area contributed by atoms with Crippen molar-refractivity contribution in [1.29, 1.82) is 0 Å². The van der Waals surface area contributed by atoms with Gasteiger partial charge in [-0.05, 0) is 49.1 Å². The second-order valence-corrected chi connectivity index (χ2v) is 7.17. The van der Waals surface area contributed by atoms with E-state index in [1.165, 1.54) is 0 Å². The van der Waals surface area contributed by atoms with Gasteiger partial charge in [0.15, 0.2) is 6.61 Å². The summed E-state index contributed by atoms with van der Waals surface area (Å²) in [5.74, 6) is 0.986. The average Bonchev–Trinajstić information content (AvgIpc) is 2.99. The van der Waals surface area contributed by atoms with Gasteiger partial charge >= 0.3 is 0 Å². The molecule has 1 aliphatic heterocycles. The minimum absolute atomic E-state index is 0.111. The maximum absolute atomic E-state index is 13.1. The molecule has 0 saturated carbocycles. The Morgan fingerprint density at radius 3 is 2.70 bits per heavy atom. The first-order valence-electron chi connectivity index (χ1n) is 10.2. The molecular formula is C24H28N2O4. The molecule has 6 heteroatoms. The zero-order chi connectivity index (χ0) is 21.2. The molecule has 2 aromatic rings. The molecule has 1 saturated heterocycles. The van der Waals surface area contributed by atoms with E-state index in [0.29, 0.717) is 37.6 Å². The summed E-state index contributed by atoms with van der Waals surface area (Å²) in [4.78, 5) is 27.4. The normalized spacial score (nSPS) is 16.1. The van der Waals surface area contributed by atoms with Gasteiger partial charge in [0, 0.05) is 13.1 Å². The summed E-state index contributed by atoms with van der Waals surface area (Å²) in [6.07, 6.45) is 4.11. The average molecular weight is 408 g/mol. The predicted molar refractivity (Wildman–Crippen MR) is 115 cm³/mol. The van der Waals surface area contributed by atoms with Crippen LogP contribution in [-0.2, 0) is 16.1 Å². The van der Waals surface area contributed by atoms with E-state index in [1.54, 1.807) is 23.1 Å². The minimum atomic E-state index is -0.517. The van der Waals surface area contributed by atoms with E-state index in [9.17, 15) is 9.59 Å². The van der Waals surface area contributed by atoms with Gasteiger partial charge < -0.3 is 19.7 Å². The van der Waals surface area contributed by atoms with Gasteiger partial charge in [-0.2, -0.15) is 0 Å². The Morgan fingerprint density at radius 1 is 1.10 bits per heavy atom. The Balaban J connectivity index is 1.77. The third-order valence-corrected chi connectivity index (χ3v) is 4.93. The molecule has 1 aliphatic rings. The van der Waals surface area contributed by atoms with Crippen LogP contribution in [-0.4, -0.2) is 42.5 Å². The molecule has 30 heavy (non-hydrogen) atoms. The number of carbonyl (C=O) groups is 2. The summed E-state index contributed by atoms with van der Waals surface area (Å²) in [7, 11) is 0. The fourth-order valence-corrected chi connectivity index (χ4v) is 3.42. The van der Waals surface area contributed by atoms with Crippen LogP contribution < -0.4 is 14.8 Å². The van der Waals surface area contributed by atoms with Crippen molar-refractivity contribution in [1.82, 2.24) is 10.2 Å². The lowest BCUT2D eigenvalue weighted by molar-refractivity contribution is -0.142. The Morgan fingerprint density at radius 2 is 1.90 bits per heavy atom. The second-order valence-electron chi connectivity index (χ2n) is 7.17. The molecule has 0 unspecified atom stereocenters. The molecular weight excluding hydrogens is 380 g/mol. The molecule has 1 N–H and O–H groups in total. The third kappa shape index (κ3) is 6.11. The maximum atomic E-state index is 13.1. The molecule has 0 bridgehead atoms. The number of hydrogen-bond donors (Lipinski definition) is 1. The van der Waals surface area contributed by atoms with Crippen LogP contribution in [0.5, 0.6) is 11.5 Å². The minimum Gasteiger partial charge on any atom is -0.490 e. The van der Waals surface area contributed by atoms with E-state index in [1.807, 2.05) is 42.5 Å². The molecule has 1 atom stereocenters. The molecule has 3 rings (SSSR count). The van der Waals surface area contributed by atoms with E-state index in [0.717, 1.165) is 18.4 Å².